The van der Waals surface area contributed by atoms with Crippen LogP contribution in [0.1, 0.15) is 26.3 Å². The highest BCUT2D eigenvalue weighted by Gasteiger charge is 2.16. The second kappa shape index (κ2) is 5.74. The van der Waals surface area contributed by atoms with E-state index >= 15 is 0 Å². The van der Waals surface area contributed by atoms with Gasteiger partial charge in [-0.05, 0) is 38.5 Å². The van der Waals surface area contributed by atoms with Gasteiger partial charge in [-0.3, -0.25) is 5.32 Å². The number of ether oxygens (including phenoxy) is 1. The molecule has 1 N–H and O–H groups in total. The monoisotopic (exact) mass is 319 g/mol. The molecule has 1 amide bonds. The predicted molar refractivity (Wildman–Crippen MR) is 73.9 cm³/mol. The molecule has 1 aromatic rings. The molecule has 0 saturated carbocycles. The van der Waals surface area contributed by atoms with Crippen LogP contribution in [0, 0.1) is 0 Å². The summed E-state index contributed by atoms with van der Waals surface area (Å²) >= 11 is 9.35. The van der Waals surface area contributed by atoms with Crippen molar-refractivity contribution in [3.63, 3.8) is 0 Å². The van der Waals surface area contributed by atoms with Gasteiger partial charge >= 0.3 is 6.09 Å². The van der Waals surface area contributed by atoms with Crippen LogP contribution in [0.2, 0.25) is 5.02 Å². The average molecular weight is 321 g/mol. The van der Waals surface area contributed by atoms with Crippen molar-refractivity contribution in [2.24, 2.45) is 0 Å². The summed E-state index contributed by atoms with van der Waals surface area (Å²) in [5.41, 5.74) is 1.08. The average Bonchev–Trinajstić information content (AvgIpc) is 2.14. The zero-order valence-corrected chi connectivity index (χ0v) is 12.4. The van der Waals surface area contributed by atoms with E-state index < -0.39 is 11.7 Å². The van der Waals surface area contributed by atoms with E-state index in [1.807, 2.05) is 26.8 Å². The molecule has 0 saturated heterocycles. The van der Waals surface area contributed by atoms with Gasteiger partial charge in [0, 0.05) is 16.0 Å². The van der Waals surface area contributed by atoms with Crippen molar-refractivity contribution in [2.45, 2.75) is 31.7 Å². The minimum Gasteiger partial charge on any atom is -0.444 e. The number of hydrogen-bond acceptors (Lipinski definition) is 2. The SMILES string of the molecule is CC(C)(C)OC(=O)Nc1ccc(CBr)c(Cl)c1. The number of nitrogens with one attached hydrogen (secondary N) is 1. The van der Waals surface area contributed by atoms with E-state index in [4.69, 9.17) is 16.3 Å². The number of alkyl halides is 1. The minimum atomic E-state index is -0.510. The highest BCUT2D eigenvalue weighted by atomic mass is 79.9. The lowest BCUT2D eigenvalue weighted by molar-refractivity contribution is 0.0636. The van der Waals surface area contributed by atoms with E-state index in [1.165, 1.54) is 0 Å². The zero-order chi connectivity index (χ0) is 13.1. The Hall–Kier alpha value is -0.740. The van der Waals surface area contributed by atoms with Crippen LogP contribution in [0.25, 0.3) is 0 Å². The Morgan fingerprint density at radius 3 is 2.59 bits per heavy atom. The van der Waals surface area contributed by atoms with Crippen molar-refractivity contribution in [3.8, 4) is 0 Å². The third kappa shape index (κ3) is 4.96. The fourth-order valence-electron chi connectivity index (χ4n) is 1.15. The van der Waals surface area contributed by atoms with E-state index in [1.54, 1.807) is 12.1 Å². The van der Waals surface area contributed by atoms with Gasteiger partial charge in [0.2, 0.25) is 0 Å². The van der Waals surface area contributed by atoms with Crippen LogP contribution in [0.15, 0.2) is 18.2 Å². The van der Waals surface area contributed by atoms with Gasteiger partial charge in [0.05, 0.1) is 0 Å². The molecule has 0 aromatic heterocycles. The van der Waals surface area contributed by atoms with Crippen LogP contribution in [-0.4, -0.2) is 11.7 Å². The van der Waals surface area contributed by atoms with Crippen molar-refractivity contribution < 1.29 is 9.53 Å². The number of anilines is 1. The number of carbonyl (C=O) groups is 1. The van der Waals surface area contributed by atoms with Gasteiger partial charge in [0.25, 0.3) is 0 Å². The summed E-state index contributed by atoms with van der Waals surface area (Å²) in [6, 6.07) is 5.33. The summed E-state index contributed by atoms with van der Waals surface area (Å²) < 4.78 is 5.14. The Balaban J connectivity index is 2.69. The highest BCUT2D eigenvalue weighted by molar-refractivity contribution is 9.08. The first-order valence-electron chi connectivity index (χ1n) is 5.16. The fourth-order valence-corrected chi connectivity index (χ4v) is 2.05. The van der Waals surface area contributed by atoms with Gasteiger partial charge < -0.3 is 4.74 Å². The predicted octanol–water partition coefficient (Wildman–Crippen LogP) is 4.58. The quantitative estimate of drug-likeness (QED) is 0.810. The summed E-state index contributed by atoms with van der Waals surface area (Å²) in [5, 5.41) is 3.92. The van der Waals surface area contributed by atoms with E-state index in [0.717, 1.165) is 5.56 Å². The molecular weight excluding hydrogens is 305 g/mol. The number of halogens is 2. The highest BCUT2D eigenvalue weighted by Crippen LogP contribution is 2.23. The zero-order valence-electron chi connectivity index (χ0n) is 10.0. The Morgan fingerprint density at radius 2 is 2.12 bits per heavy atom. The van der Waals surface area contributed by atoms with Gasteiger partial charge in [-0.1, -0.05) is 33.6 Å². The van der Waals surface area contributed by atoms with E-state index in [-0.39, 0.29) is 0 Å². The van der Waals surface area contributed by atoms with Gasteiger partial charge in [-0.15, -0.1) is 0 Å². The fraction of sp³-hybridized carbons (Fsp3) is 0.417. The van der Waals surface area contributed by atoms with Crippen molar-refractivity contribution >= 4 is 39.3 Å². The molecule has 3 nitrogen and oxygen atoms in total. The Kier molecular flexibility index (Phi) is 4.83. The molecule has 5 heteroatoms. The van der Waals surface area contributed by atoms with Crippen LogP contribution in [0.4, 0.5) is 10.5 Å². The van der Waals surface area contributed by atoms with Crippen molar-refractivity contribution in [3.05, 3.63) is 28.8 Å². The molecule has 0 aliphatic carbocycles. The molecule has 17 heavy (non-hydrogen) atoms. The molecule has 0 radical (unpaired) electrons. The van der Waals surface area contributed by atoms with Crippen LogP contribution in [0.3, 0.4) is 0 Å². The maximum absolute atomic E-state index is 11.5. The molecule has 0 bridgehead atoms. The van der Waals surface area contributed by atoms with Crippen molar-refractivity contribution in [1.82, 2.24) is 0 Å². The molecule has 94 valence electrons. The summed E-state index contributed by atoms with van der Waals surface area (Å²) in [6.07, 6.45) is -0.486. The van der Waals surface area contributed by atoms with Crippen molar-refractivity contribution in [2.75, 3.05) is 5.32 Å². The van der Waals surface area contributed by atoms with Gasteiger partial charge in [0.15, 0.2) is 0 Å². The van der Waals surface area contributed by atoms with Crippen LogP contribution < -0.4 is 5.32 Å². The van der Waals surface area contributed by atoms with Crippen LogP contribution in [0.5, 0.6) is 0 Å². The molecule has 0 aliphatic heterocycles. The van der Waals surface area contributed by atoms with Gasteiger partial charge in [0.1, 0.15) is 5.60 Å². The molecule has 1 aromatic carbocycles. The molecule has 0 heterocycles. The smallest absolute Gasteiger partial charge is 0.412 e. The topological polar surface area (TPSA) is 38.3 Å². The molecule has 0 spiro atoms. The largest absolute Gasteiger partial charge is 0.444 e. The number of hydrogen-bond donors (Lipinski definition) is 1. The summed E-state index contributed by atoms with van der Waals surface area (Å²) in [7, 11) is 0. The second-order valence-electron chi connectivity index (χ2n) is 4.57. The third-order valence-electron chi connectivity index (χ3n) is 1.84. The lowest BCUT2D eigenvalue weighted by atomic mass is 10.2. The number of amides is 1. The lowest BCUT2D eigenvalue weighted by Crippen LogP contribution is -2.27. The molecule has 0 aliphatic rings. The van der Waals surface area contributed by atoms with Crippen molar-refractivity contribution in [1.29, 1.82) is 0 Å². The molecule has 0 fully saturated rings. The first-order chi connectivity index (χ1) is 7.81. The van der Waals surface area contributed by atoms with E-state index in [9.17, 15) is 4.79 Å². The Morgan fingerprint density at radius 1 is 1.47 bits per heavy atom. The molecule has 0 unspecified atom stereocenters. The molecular formula is C12H15BrClNO2. The van der Waals surface area contributed by atoms with Crippen LogP contribution in [-0.2, 0) is 10.1 Å². The van der Waals surface area contributed by atoms with E-state index in [0.29, 0.717) is 16.0 Å². The van der Waals surface area contributed by atoms with E-state index in [2.05, 4.69) is 21.2 Å². The molecule has 0 atom stereocenters. The second-order valence-corrected chi connectivity index (χ2v) is 5.53. The number of benzene rings is 1. The summed E-state index contributed by atoms with van der Waals surface area (Å²) in [4.78, 5) is 11.5. The maximum Gasteiger partial charge on any atom is 0.412 e. The minimum absolute atomic E-state index is 0.486. The number of rotatable bonds is 2. The maximum atomic E-state index is 11.5. The standard InChI is InChI=1S/C12H15BrClNO2/c1-12(2,3)17-11(16)15-9-5-4-8(7-13)10(14)6-9/h4-6H,7H2,1-3H3,(H,15,16). The van der Waals surface area contributed by atoms with Gasteiger partial charge in [-0.2, -0.15) is 0 Å². The summed E-state index contributed by atoms with van der Waals surface area (Å²) in [5.74, 6) is 0. The molecule has 1 rings (SSSR count). The lowest BCUT2D eigenvalue weighted by Gasteiger charge is -2.19. The third-order valence-corrected chi connectivity index (χ3v) is 2.80. The normalized spacial score (nSPS) is 11.1. The number of carbonyl (C=O) groups excluding carboxylic acids is 1. The Bertz CT molecular complexity index is 415. The first kappa shape index (κ1) is 14.3. The van der Waals surface area contributed by atoms with Crippen LogP contribution >= 0.6 is 27.5 Å². The summed E-state index contributed by atoms with van der Waals surface area (Å²) in [6.45, 7) is 5.44. The van der Waals surface area contributed by atoms with Gasteiger partial charge in [-0.25, -0.2) is 4.79 Å². The first-order valence-corrected chi connectivity index (χ1v) is 6.66. The Labute approximate surface area is 115 Å².